The molecule has 1 fully saturated rings. The summed E-state index contributed by atoms with van der Waals surface area (Å²) in [5, 5.41) is 12.7. The van der Waals surface area contributed by atoms with Crippen LogP contribution >= 0.6 is 15.9 Å². The van der Waals surface area contributed by atoms with E-state index in [1.807, 2.05) is 6.92 Å². The molecular formula is C13H18BrN3O2. The van der Waals surface area contributed by atoms with E-state index < -0.39 is 0 Å². The fourth-order valence-corrected chi connectivity index (χ4v) is 2.62. The maximum absolute atomic E-state index is 12.5. The zero-order chi connectivity index (χ0) is 14.0. The van der Waals surface area contributed by atoms with Crippen LogP contribution in [0.3, 0.4) is 0 Å². The number of pyridine rings is 1. The van der Waals surface area contributed by atoms with Gasteiger partial charge in [0.25, 0.3) is 5.91 Å². The van der Waals surface area contributed by atoms with E-state index in [-0.39, 0.29) is 17.9 Å². The summed E-state index contributed by atoms with van der Waals surface area (Å²) < 4.78 is 0.778. The molecule has 0 aromatic carbocycles. The van der Waals surface area contributed by atoms with Gasteiger partial charge in [-0.15, -0.1) is 0 Å². The molecule has 5 nitrogen and oxygen atoms in total. The molecule has 0 aliphatic carbocycles. The molecule has 2 atom stereocenters. The van der Waals surface area contributed by atoms with Crippen LogP contribution in [0.2, 0.25) is 0 Å². The van der Waals surface area contributed by atoms with Gasteiger partial charge >= 0.3 is 0 Å². The Morgan fingerprint density at radius 3 is 3.00 bits per heavy atom. The summed E-state index contributed by atoms with van der Waals surface area (Å²) in [6.45, 7) is 3.12. The van der Waals surface area contributed by atoms with E-state index in [1.54, 1.807) is 24.2 Å². The van der Waals surface area contributed by atoms with E-state index in [2.05, 4.69) is 26.2 Å². The molecule has 2 unspecified atom stereocenters. The summed E-state index contributed by atoms with van der Waals surface area (Å²) in [6, 6.07) is 1.77. The Bertz CT molecular complexity index is 481. The first-order valence-corrected chi connectivity index (χ1v) is 7.13. The first-order chi connectivity index (χ1) is 9.02. The third kappa shape index (κ3) is 3.06. The summed E-state index contributed by atoms with van der Waals surface area (Å²) >= 11 is 3.34. The van der Waals surface area contributed by atoms with E-state index in [1.165, 1.54) is 0 Å². The number of nitrogens with zero attached hydrogens (tertiary/aromatic N) is 2. The zero-order valence-electron chi connectivity index (χ0n) is 11.1. The molecule has 0 bridgehead atoms. The van der Waals surface area contributed by atoms with Crippen LogP contribution in [-0.2, 0) is 0 Å². The second-order valence-corrected chi connectivity index (χ2v) is 5.80. The molecule has 2 heterocycles. The molecule has 1 aliphatic heterocycles. The maximum Gasteiger partial charge on any atom is 0.257 e. The molecule has 6 heteroatoms. The maximum atomic E-state index is 12.5. The highest BCUT2D eigenvalue weighted by Crippen LogP contribution is 2.23. The average molecular weight is 328 g/mol. The number of carbonyl (C=O) groups is 1. The first-order valence-electron chi connectivity index (χ1n) is 6.33. The Morgan fingerprint density at radius 2 is 2.37 bits per heavy atom. The summed E-state index contributed by atoms with van der Waals surface area (Å²) in [4.78, 5) is 18.5. The van der Waals surface area contributed by atoms with Crippen LogP contribution < -0.4 is 5.32 Å². The Labute approximate surface area is 121 Å². The lowest BCUT2D eigenvalue weighted by Crippen LogP contribution is -2.45. The highest BCUT2D eigenvalue weighted by molar-refractivity contribution is 9.10. The van der Waals surface area contributed by atoms with Gasteiger partial charge in [0.15, 0.2) is 0 Å². The highest BCUT2D eigenvalue weighted by atomic mass is 79.9. The number of hydrogen-bond donors (Lipinski definition) is 2. The number of likely N-dealkylation sites (tertiary alicyclic amines) is 1. The minimum Gasteiger partial charge on any atom is -0.393 e. The van der Waals surface area contributed by atoms with Crippen molar-refractivity contribution in [3.8, 4) is 0 Å². The fourth-order valence-electron chi connectivity index (χ4n) is 2.29. The molecule has 19 heavy (non-hydrogen) atoms. The third-order valence-corrected chi connectivity index (χ3v) is 3.90. The molecule has 1 aliphatic rings. The van der Waals surface area contributed by atoms with Crippen molar-refractivity contribution in [2.24, 2.45) is 5.92 Å². The number of nitrogens with one attached hydrogen (secondary N) is 1. The van der Waals surface area contributed by atoms with E-state index in [0.717, 1.165) is 4.47 Å². The van der Waals surface area contributed by atoms with Gasteiger partial charge < -0.3 is 15.3 Å². The number of amides is 1. The quantitative estimate of drug-likeness (QED) is 0.868. The lowest BCUT2D eigenvalue weighted by Gasteiger charge is -2.34. The lowest BCUT2D eigenvalue weighted by atomic mass is 9.96. The molecule has 2 N–H and O–H groups in total. The molecule has 2 rings (SSSR count). The third-order valence-electron chi connectivity index (χ3n) is 3.47. The summed E-state index contributed by atoms with van der Waals surface area (Å²) in [5.74, 6) is 0.639. The predicted molar refractivity (Wildman–Crippen MR) is 77.2 cm³/mol. The number of anilines is 1. The second kappa shape index (κ2) is 5.88. The Kier molecular flexibility index (Phi) is 4.42. The normalized spacial score (nSPS) is 23.3. The average Bonchev–Trinajstić information content (AvgIpc) is 2.41. The number of aliphatic hydroxyl groups excluding tert-OH is 1. The van der Waals surface area contributed by atoms with Gasteiger partial charge in [0.2, 0.25) is 0 Å². The van der Waals surface area contributed by atoms with Crippen LogP contribution in [0.5, 0.6) is 0 Å². The Hall–Kier alpha value is -1.14. The SMILES string of the molecule is CNc1ncc(Br)cc1C(=O)N1CCC(O)C(C)C1. The molecule has 1 aromatic heterocycles. The van der Waals surface area contributed by atoms with E-state index >= 15 is 0 Å². The zero-order valence-corrected chi connectivity index (χ0v) is 12.6. The summed E-state index contributed by atoms with van der Waals surface area (Å²) in [7, 11) is 1.75. The Balaban J connectivity index is 2.22. The Morgan fingerprint density at radius 1 is 1.63 bits per heavy atom. The first kappa shape index (κ1) is 14.3. The molecule has 0 saturated carbocycles. The molecule has 104 valence electrons. The molecule has 1 aromatic rings. The molecular weight excluding hydrogens is 310 g/mol. The summed E-state index contributed by atoms with van der Waals surface area (Å²) in [6.07, 6.45) is 1.97. The van der Waals surface area contributed by atoms with Crippen molar-refractivity contribution in [3.05, 3.63) is 22.3 Å². The van der Waals surface area contributed by atoms with Crippen LogP contribution in [-0.4, -0.2) is 47.1 Å². The van der Waals surface area contributed by atoms with Crippen molar-refractivity contribution < 1.29 is 9.90 Å². The van der Waals surface area contributed by atoms with Gasteiger partial charge in [-0.25, -0.2) is 4.98 Å². The van der Waals surface area contributed by atoms with Crippen LogP contribution in [0, 0.1) is 5.92 Å². The van der Waals surface area contributed by atoms with Gasteiger partial charge in [0.1, 0.15) is 5.82 Å². The van der Waals surface area contributed by atoms with E-state index in [9.17, 15) is 9.90 Å². The van der Waals surface area contributed by atoms with Gasteiger partial charge in [0.05, 0.1) is 11.7 Å². The minimum absolute atomic E-state index is 0.0445. The second-order valence-electron chi connectivity index (χ2n) is 4.88. The van der Waals surface area contributed by atoms with Crippen LogP contribution in [0.25, 0.3) is 0 Å². The van der Waals surface area contributed by atoms with E-state index in [0.29, 0.717) is 30.9 Å². The van der Waals surface area contributed by atoms with Crippen LogP contribution in [0.15, 0.2) is 16.7 Å². The highest BCUT2D eigenvalue weighted by Gasteiger charge is 2.29. The number of aliphatic hydroxyl groups is 1. The standard InChI is InChI=1S/C13H18BrN3O2/c1-8-7-17(4-3-11(8)18)13(19)10-5-9(14)6-16-12(10)15-2/h5-6,8,11,18H,3-4,7H2,1-2H3,(H,15,16). The molecule has 0 spiro atoms. The van der Waals surface area contributed by atoms with Gasteiger partial charge in [-0.3, -0.25) is 4.79 Å². The van der Waals surface area contributed by atoms with Gasteiger partial charge in [-0.05, 0) is 34.3 Å². The number of aromatic nitrogens is 1. The number of piperidine rings is 1. The van der Waals surface area contributed by atoms with Crippen LogP contribution in [0.4, 0.5) is 5.82 Å². The smallest absolute Gasteiger partial charge is 0.257 e. The summed E-state index contributed by atoms with van der Waals surface area (Å²) in [5.41, 5.74) is 0.556. The van der Waals surface area contributed by atoms with Crippen molar-refractivity contribution in [2.75, 3.05) is 25.5 Å². The monoisotopic (exact) mass is 327 g/mol. The van der Waals surface area contributed by atoms with Gasteiger partial charge in [-0.2, -0.15) is 0 Å². The van der Waals surface area contributed by atoms with Crippen molar-refractivity contribution in [2.45, 2.75) is 19.4 Å². The van der Waals surface area contributed by atoms with Gasteiger partial charge in [0, 0.05) is 30.8 Å². The number of hydrogen-bond acceptors (Lipinski definition) is 4. The number of rotatable bonds is 2. The molecule has 1 saturated heterocycles. The van der Waals surface area contributed by atoms with Crippen molar-refractivity contribution >= 4 is 27.7 Å². The topological polar surface area (TPSA) is 65.5 Å². The van der Waals surface area contributed by atoms with Crippen molar-refractivity contribution in [1.82, 2.24) is 9.88 Å². The number of halogens is 1. The van der Waals surface area contributed by atoms with Gasteiger partial charge in [-0.1, -0.05) is 6.92 Å². The lowest BCUT2D eigenvalue weighted by molar-refractivity contribution is 0.0298. The van der Waals surface area contributed by atoms with Crippen molar-refractivity contribution in [1.29, 1.82) is 0 Å². The predicted octanol–water partition coefficient (Wildman–Crippen LogP) is 1.73. The number of carbonyl (C=O) groups excluding carboxylic acids is 1. The van der Waals surface area contributed by atoms with E-state index in [4.69, 9.17) is 0 Å². The minimum atomic E-state index is -0.312. The van der Waals surface area contributed by atoms with Crippen molar-refractivity contribution in [3.63, 3.8) is 0 Å². The fraction of sp³-hybridized carbons (Fsp3) is 0.538. The van der Waals surface area contributed by atoms with Crippen LogP contribution in [0.1, 0.15) is 23.7 Å². The molecule has 1 amide bonds. The molecule has 0 radical (unpaired) electrons. The largest absolute Gasteiger partial charge is 0.393 e.